The van der Waals surface area contributed by atoms with E-state index in [9.17, 15) is 14.7 Å². The standard InChI is InChI=1S/C15H26N2O4/c1-16(11-7-5-3-4-6-8-11)15(20)17-10-12(21-2)9-13(17)14(18)19/h11-13H,3-10H2,1-2H3,(H,18,19). The highest BCUT2D eigenvalue weighted by atomic mass is 16.5. The Morgan fingerprint density at radius 1 is 1.19 bits per heavy atom. The van der Waals surface area contributed by atoms with Gasteiger partial charge in [-0.25, -0.2) is 9.59 Å². The molecule has 2 amide bonds. The van der Waals surface area contributed by atoms with Crippen LogP contribution in [0.2, 0.25) is 0 Å². The van der Waals surface area contributed by atoms with Crippen LogP contribution in [0.15, 0.2) is 0 Å². The van der Waals surface area contributed by atoms with Gasteiger partial charge < -0.3 is 19.6 Å². The summed E-state index contributed by atoms with van der Waals surface area (Å²) >= 11 is 0. The van der Waals surface area contributed by atoms with E-state index in [-0.39, 0.29) is 18.2 Å². The second-order valence-corrected chi connectivity index (χ2v) is 6.14. The van der Waals surface area contributed by atoms with Gasteiger partial charge in [0.15, 0.2) is 0 Å². The molecule has 0 radical (unpaired) electrons. The van der Waals surface area contributed by atoms with Crippen molar-refractivity contribution in [1.82, 2.24) is 9.80 Å². The van der Waals surface area contributed by atoms with Gasteiger partial charge in [0.25, 0.3) is 0 Å². The molecule has 2 unspecified atom stereocenters. The fourth-order valence-corrected chi connectivity index (χ4v) is 3.42. The van der Waals surface area contributed by atoms with E-state index in [1.165, 1.54) is 17.7 Å². The maximum atomic E-state index is 12.7. The Labute approximate surface area is 126 Å². The number of urea groups is 1. The van der Waals surface area contributed by atoms with Crippen molar-refractivity contribution in [3.63, 3.8) is 0 Å². The van der Waals surface area contributed by atoms with E-state index in [0.717, 1.165) is 25.7 Å². The molecule has 1 heterocycles. The van der Waals surface area contributed by atoms with Crippen molar-refractivity contribution in [3.8, 4) is 0 Å². The van der Waals surface area contributed by atoms with Crippen LogP contribution in [-0.2, 0) is 9.53 Å². The van der Waals surface area contributed by atoms with Crippen LogP contribution in [0.5, 0.6) is 0 Å². The minimum atomic E-state index is -0.947. The molecule has 6 heteroatoms. The Morgan fingerprint density at radius 3 is 2.33 bits per heavy atom. The average molecular weight is 298 g/mol. The molecule has 1 saturated carbocycles. The summed E-state index contributed by atoms with van der Waals surface area (Å²) in [7, 11) is 3.37. The van der Waals surface area contributed by atoms with Gasteiger partial charge in [-0.15, -0.1) is 0 Å². The molecule has 2 fully saturated rings. The van der Waals surface area contributed by atoms with Crippen LogP contribution in [-0.4, -0.2) is 65.8 Å². The first-order valence-corrected chi connectivity index (χ1v) is 7.83. The van der Waals surface area contributed by atoms with E-state index in [1.54, 1.807) is 19.1 Å². The molecule has 0 spiro atoms. The number of methoxy groups -OCH3 is 1. The summed E-state index contributed by atoms with van der Waals surface area (Å²) in [5.41, 5.74) is 0. The Hall–Kier alpha value is -1.30. The summed E-state index contributed by atoms with van der Waals surface area (Å²) < 4.78 is 5.24. The van der Waals surface area contributed by atoms with Crippen LogP contribution < -0.4 is 0 Å². The van der Waals surface area contributed by atoms with Crippen molar-refractivity contribution in [2.45, 2.75) is 63.1 Å². The van der Waals surface area contributed by atoms with Gasteiger partial charge in [-0.3, -0.25) is 0 Å². The molecule has 0 aromatic carbocycles. The Bertz CT molecular complexity index is 380. The second kappa shape index (κ2) is 7.11. The Kier molecular flexibility index (Phi) is 5.45. The van der Waals surface area contributed by atoms with E-state index in [0.29, 0.717) is 13.0 Å². The summed E-state index contributed by atoms with van der Waals surface area (Å²) in [5, 5.41) is 9.32. The van der Waals surface area contributed by atoms with Crippen molar-refractivity contribution < 1.29 is 19.4 Å². The molecule has 21 heavy (non-hydrogen) atoms. The molecular weight excluding hydrogens is 272 g/mol. The van der Waals surface area contributed by atoms with Crippen LogP contribution in [0.4, 0.5) is 4.79 Å². The second-order valence-electron chi connectivity index (χ2n) is 6.14. The van der Waals surface area contributed by atoms with E-state index in [4.69, 9.17) is 4.74 Å². The van der Waals surface area contributed by atoms with Gasteiger partial charge >= 0.3 is 12.0 Å². The highest BCUT2D eigenvalue weighted by Crippen LogP contribution is 2.25. The maximum Gasteiger partial charge on any atom is 0.326 e. The van der Waals surface area contributed by atoms with E-state index in [1.807, 2.05) is 0 Å². The maximum absolute atomic E-state index is 12.7. The summed E-state index contributed by atoms with van der Waals surface area (Å²) in [6.45, 7) is 0.364. The molecule has 0 aromatic rings. The molecule has 0 bridgehead atoms. The molecule has 120 valence electrons. The topological polar surface area (TPSA) is 70.1 Å². The van der Waals surface area contributed by atoms with E-state index >= 15 is 0 Å². The predicted octanol–water partition coefficient (Wildman–Crippen LogP) is 1.93. The van der Waals surface area contributed by atoms with Crippen molar-refractivity contribution in [3.05, 3.63) is 0 Å². The molecule has 6 nitrogen and oxygen atoms in total. The summed E-state index contributed by atoms with van der Waals surface area (Å²) in [5.74, 6) is -0.947. The van der Waals surface area contributed by atoms with Crippen molar-refractivity contribution in [2.24, 2.45) is 0 Å². The normalized spacial score (nSPS) is 27.4. The van der Waals surface area contributed by atoms with Crippen molar-refractivity contribution in [1.29, 1.82) is 0 Å². The van der Waals surface area contributed by atoms with Gasteiger partial charge in [0.05, 0.1) is 6.10 Å². The first kappa shape index (κ1) is 16.1. The summed E-state index contributed by atoms with van der Waals surface area (Å²) in [6, 6.07) is -0.708. The molecule has 1 aliphatic carbocycles. The number of carboxylic acid groups (broad SMARTS) is 1. The third-order valence-corrected chi connectivity index (χ3v) is 4.80. The van der Waals surface area contributed by atoms with E-state index < -0.39 is 12.0 Å². The molecule has 2 atom stereocenters. The SMILES string of the molecule is COC1CC(C(=O)O)N(C(=O)N(C)C2CCCCCC2)C1. The first-order chi connectivity index (χ1) is 10.0. The highest BCUT2D eigenvalue weighted by Gasteiger charge is 2.41. The lowest BCUT2D eigenvalue weighted by molar-refractivity contribution is -0.141. The van der Waals surface area contributed by atoms with Crippen molar-refractivity contribution in [2.75, 3.05) is 20.7 Å². The lowest BCUT2D eigenvalue weighted by Crippen LogP contribution is -2.50. The molecule has 1 aliphatic heterocycles. The fraction of sp³-hybridized carbons (Fsp3) is 0.867. The van der Waals surface area contributed by atoms with Gasteiger partial charge in [0.1, 0.15) is 6.04 Å². The number of carboxylic acids is 1. The molecular formula is C15H26N2O4. The molecule has 2 rings (SSSR count). The number of ether oxygens (including phenoxy) is 1. The van der Waals surface area contributed by atoms with Crippen LogP contribution in [0.1, 0.15) is 44.9 Å². The predicted molar refractivity (Wildman–Crippen MR) is 78.2 cm³/mol. The van der Waals surface area contributed by atoms with Gasteiger partial charge in [0.2, 0.25) is 0 Å². The molecule has 1 N–H and O–H groups in total. The largest absolute Gasteiger partial charge is 0.480 e. The summed E-state index contributed by atoms with van der Waals surface area (Å²) in [6.07, 6.45) is 6.96. The van der Waals surface area contributed by atoms with Gasteiger partial charge in [-0.05, 0) is 12.8 Å². The molecule has 2 aliphatic rings. The average Bonchev–Trinajstić information content (AvgIpc) is 2.73. The molecule has 1 saturated heterocycles. The van der Waals surface area contributed by atoms with Crippen LogP contribution in [0, 0.1) is 0 Å². The number of carbonyl (C=O) groups is 2. The number of hydrogen-bond donors (Lipinski definition) is 1. The van der Waals surface area contributed by atoms with Crippen LogP contribution in [0.3, 0.4) is 0 Å². The van der Waals surface area contributed by atoms with Gasteiger partial charge in [0, 0.05) is 33.2 Å². The Morgan fingerprint density at radius 2 is 1.81 bits per heavy atom. The number of aliphatic carboxylic acids is 1. The van der Waals surface area contributed by atoms with Gasteiger partial charge in [-0.1, -0.05) is 25.7 Å². The quantitative estimate of drug-likeness (QED) is 0.808. The number of hydrogen-bond acceptors (Lipinski definition) is 3. The minimum Gasteiger partial charge on any atom is -0.480 e. The van der Waals surface area contributed by atoms with Crippen LogP contribution in [0.25, 0.3) is 0 Å². The number of carbonyl (C=O) groups excluding carboxylic acids is 1. The van der Waals surface area contributed by atoms with Crippen LogP contribution >= 0.6 is 0 Å². The monoisotopic (exact) mass is 298 g/mol. The Balaban J connectivity index is 2.04. The third-order valence-electron chi connectivity index (χ3n) is 4.80. The molecule has 0 aromatic heterocycles. The zero-order valence-corrected chi connectivity index (χ0v) is 13.0. The highest BCUT2D eigenvalue weighted by molar-refractivity contribution is 5.83. The number of amides is 2. The lowest BCUT2D eigenvalue weighted by atomic mass is 10.1. The number of likely N-dealkylation sites (tertiary alicyclic amines) is 1. The summed E-state index contributed by atoms with van der Waals surface area (Å²) in [4.78, 5) is 27.2. The third kappa shape index (κ3) is 3.67. The van der Waals surface area contributed by atoms with Gasteiger partial charge in [-0.2, -0.15) is 0 Å². The first-order valence-electron chi connectivity index (χ1n) is 7.83. The fourth-order valence-electron chi connectivity index (χ4n) is 3.42. The lowest BCUT2D eigenvalue weighted by Gasteiger charge is -2.33. The number of nitrogens with zero attached hydrogens (tertiary/aromatic N) is 2. The zero-order chi connectivity index (χ0) is 15.4. The number of rotatable bonds is 3. The zero-order valence-electron chi connectivity index (χ0n) is 13.0. The van der Waals surface area contributed by atoms with Crippen molar-refractivity contribution >= 4 is 12.0 Å². The van der Waals surface area contributed by atoms with E-state index in [2.05, 4.69) is 0 Å². The smallest absolute Gasteiger partial charge is 0.326 e. The minimum absolute atomic E-state index is 0.172.